The standard InChI is InChI=1S/C21H24N11O9PS/c22-13-7-14(25-4-24-13)31(5-26-7)18-12(34)21(36)2-1-20(21,40-18)3-38-42(37,43)41-11-6-9(33)10(6)39-17(11)32-15-8(29-30-32)16(35)28-19(23)27-15/h4-6,9-12,17-18,33-34,36H,1-3H2,(H,37,43)(H2,22,24,25)(H3,23,27,28,35)/t6?,9?,10-,11+,12-,17+,18+,20+,21?,42?/m0/s1. The maximum atomic E-state index is 12.2. The first kappa shape index (κ1) is 27.3. The number of fused-ring (bicyclic) bond motifs is 4. The Morgan fingerprint density at radius 1 is 1.19 bits per heavy atom. The molecule has 0 spiro atoms. The minimum atomic E-state index is -4.12. The van der Waals surface area contributed by atoms with Crippen LogP contribution in [-0.4, -0.2) is 107 Å². The van der Waals surface area contributed by atoms with Crippen LogP contribution in [0.15, 0.2) is 17.4 Å². The Morgan fingerprint density at radius 2 is 2.00 bits per heavy atom. The molecule has 2 saturated carbocycles. The molecule has 228 valence electrons. The van der Waals surface area contributed by atoms with Gasteiger partial charge < -0.3 is 50.2 Å². The number of aromatic nitrogens is 9. The fourth-order valence-corrected chi connectivity index (χ4v) is 7.70. The van der Waals surface area contributed by atoms with Crippen LogP contribution in [0.25, 0.3) is 22.3 Å². The average molecular weight is 638 g/mol. The summed E-state index contributed by atoms with van der Waals surface area (Å²) in [6.45, 7) is -4.56. The van der Waals surface area contributed by atoms with Crippen molar-refractivity contribution >= 4 is 52.6 Å². The minimum Gasteiger partial charge on any atom is -0.390 e. The highest BCUT2D eigenvalue weighted by Crippen LogP contribution is 2.61. The van der Waals surface area contributed by atoms with E-state index in [2.05, 4.69) is 35.2 Å². The molecule has 2 aliphatic heterocycles. The lowest BCUT2D eigenvalue weighted by Gasteiger charge is -2.50. The van der Waals surface area contributed by atoms with Crippen LogP contribution in [0.2, 0.25) is 0 Å². The van der Waals surface area contributed by atoms with Gasteiger partial charge in [0, 0.05) is 5.92 Å². The number of nitrogens with two attached hydrogens (primary N) is 2. The van der Waals surface area contributed by atoms with Gasteiger partial charge in [-0.05, 0) is 24.6 Å². The fraction of sp³-hybridized carbons (Fsp3) is 0.571. The maximum absolute atomic E-state index is 12.2. The van der Waals surface area contributed by atoms with E-state index in [-0.39, 0.29) is 41.4 Å². The SMILES string of the molecule is Nc1nc2c(nnn2[C@@H]2O[C@@H]3C(O)C3[C@H]2OP(O)(=S)OC[C@]23CCC2(O)[C@@H](O)[C@H](n2cnc4c(N)ncnc42)O3)c(=O)[nH]1. The third-order valence-electron chi connectivity index (χ3n) is 8.70. The van der Waals surface area contributed by atoms with E-state index in [9.17, 15) is 25.0 Å². The zero-order valence-electron chi connectivity index (χ0n) is 21.7. The van der Waals surface area contributed by atoms with Gasteiger partial charge in [0.1, 0.15) is 35.3 Å². The molecular formula is C21H24N11O9PS. The number of aliphatic hydroxyl groups is 3. The molecule has 8 rings (SSSR count). The first-order chi connectivity index (χ1) is 20.4. The summed E-state index contributed by atoms with van der Waals surface area (Å²) in [5, 5.41) is 40.6. The average Bonchev–Trinajstić information content (AvgIpc) is 3.37. The van der Waals surface area contributed by atoms with Crippen LogP contribution in [0.3, 0.4) is 0 Å². The summed E-state index contributed by atoms with van der Waals surface area (Å²) in [5.41, 5.74) is 8.22. The Kier molecular flexibility index (Phi) is 5.66. The lowest BCUT2D eigenvalue weighted by molar-refractivity contribution is -0.226. The van der Waals surface area contributed by atoms with Crippen LogP contribution in [0.4, 0.5) is 11.8 Å². The molecule has 0 radical (unpaired) electrons. The molecule has 43 heavy (non-hydrogen) atoms. The van der Waals surface area contributed by atoms with Gasteiger partial charge in [-0.1, -0.05) is 5.21 Å². The molecule has 2 aliphatic carbocycles. The number of aromatic amines is 1. The van der Waals surface area contributed by atoms with Gasteiger partial charge in [0.25, 0.3) is 5.56 Å². The molecule has 4 fully saturated rings. The van der Waals surface area contributed by atoms with Gasteiger partial charge in [0.05, 0.1) is 25.1 Å². The van der Waals surface area contributed by atoms with Crippen LogP contribution in [-0.2, 0) is 30.3 Å². The summed E-state index contributed by atoms with van der Waals surface area (Å²) < 4.78 is 26.2. The van der Waals surface area contributed by atoms with Crippen molar-refractivity contribution in [2.45, 2.75) is 60.9 Å². The first-order valence-electron chi connectivity index (χ1n) is 13.0. The van der Waals surface area contributed by atoms with Gasteiger partial charge in [0.2, 0.25) is 5.95 Å². The number of hydrogen-bond acceptors (Lipinski definition) is 17. The molecule has 2 saturated heterocycles. The van der Waals surface area contributed by atoms with Crippen LogP contribution in [0.5, 0.6) is 0 Å². The highest BCUT2D eigenvalue weighted by molar-refractivity contribution is 8.07. The largest absolute Gasteiger partial charge is 0.390 e. The van der Waals surface area contributed by atoms with E-state index in [0.717, 1.165) is 4.68 Å². The van der Waals surface area contributed by atoms with Gasteiger partial charge >= 0.3 is 6.72 Å². The van der Waals surface area contributed by atoms with Crippen molar-refractivity contribution in [3.8, 4) is 0 Å². The molecule has 4 aromatic rings. The number of H-pyrrole nitrogens is 1. The second-order valence-electron chi connectivity index (χ2n) is 11.0. The number of nitrogens with zero attached hydrogens (tertiary/aromatic N) is 8. The van der Waals surface area contributed by atoms with Crippen LogP contribution in [0, 0.1) is 5.92 Å². The van der Waals surface area contributed by atoms with Crippen molar-refractivity contribution in [3.63, 3.8) is 0 Å². The van der Waals surface area contributed by atoms with Gasteiger partial charge in [-0.25, -0.2) is 15.0 Å². The Hall–Kier alpha value is -3.24. The van der Waals surface area contributed by atoms with Crippen molar-refractivity contribution in [2.24, 2.45) is 5.92 Å². The Labute approximate surface area is 243 Å². The fourth-order valence-electron chi connectivity index (χ4n) is 6.25. The van der Waals surface area contributed by atoms with Crippen molar-refractivity contribution in [3.05, 3.63) is 23.0 Å². The minimum absolute atomic E-state index is 0.000316. The van der Waals surface area contributed by atoms with E-state index >= 15 is 0 Å². The van der Waals surface area contributed by atoms with Crippen LogP contribution < -0.4 is 17.0 Å². The lowest BCUT2D eigenvalue weighted by atomic mass is 9.64. The first-order valence-corrected chi connectivity index (χ1v) is 15.6. The second-order valence-corrected chi connectivity index (χ2v) is 13.8. The van der Waals surface area contributed by atoms with Crippen LogP contribution >= 0.6 is 6.72 Å². The molecule has 4 aromatic heterocycles. The summed E-state index contributed by atoms with van der Waals surface area (Å²) in [5.74, 6) is -0.643. The lowest BCUT2D eigenvalue weighted by Crippen LogP contribution is -2.66. The van der Waals surface area contributed by atoms with E-state index < -0.39 is 72.9 Å². The zero-order chi connectivity index (χ0) is 30.1. The molecule has 20 nitrogen and oxygen atoms in total. The van der Waals surface area contributed by atoms with Crippen molar-refractivity contribution in [1.82, 2.24) is 44.5 Å². The highest BCUT2D eigenvalue weighted by Gasteiger charge is 2.72. The number of nitrogen functional groups attached to an aromatic ring is 2. The van der Waals surface area contributed by atoms with Gasteiger partial charge in [-0.3, -0.25) is 14.3 Å². The van der Waals surface area contributed by atoms with Gasteiger partial charge in [-0.2, -0.15) is 9.67 Å². The second kappa shape index (κ2) is 8.91. The van der Waals surface area contributed by atoms with Crippen molar-refractivity contribution < 1.29 is 38.7 Å². The van der Waals surface area contributed by atoms with Gasteiger partial charge in [-0.15, -0.1) is 5.10 Å². The summed E-state index contributed by atoms with van der Waals surface area (Å²) in [7, 11) is 0. The Morgan fingerprint density at radius 3 is 2.77 bits per heavy atom. The van der Waals surface area contributed by atoms with Crippen molar-refractivity contribution in [1.29, 1.82) is 0 Å². The molecular weight excluding hydrogens is 613 g/mol. The highest BCUT2D eigenvalue weighted by atomic mass is 32.5. The van der Waals surface area contributed by atoms with Crippen LogP contribution in [0.1, 0.15) is 25.3 Å². The third-order valence-corrected chi connectivity index (χ3v) is 10.2. The van der Waals surface area contributed by atoms with E-state index in [0.29, 0.717) is 5.52 Å². The van der Waals surface area contributed by atoms with E-state index in [1.807, 2.05) is 0 Å². The molecule has 0 amide bonds. The van der Waals surface area contributed by atoms with E-state index in [1.165, 1.54) is 17.2 Å². The quantitative estimate of drug-likeness (QED) is 0.101. The Balaban J connectivity index is 1.03. The number of hydrogen-bond donors (Lipinski definition) is 7. The smallest absolute Gasteiger partial charge is 0.325 e. The summed E-state index contributed by atoms with van der Waals surface area (Å²) in [4.78, 5) is 42.0. The Bertz CT molecular complexity index is 1900. The van der Waals surface area contributed by atoms with Crippen molar-refractivity contribution in [2.75, 3.05) is 18.1 Å². The number of imidazole rings is 1. The summed E-state index contributed by atoms with van der Waals surface area (Å²) in [6, 6.07) is 0. The molecule has 10 atom stereocenters. The molecule has 22 heteroatoms. The van der Waals surface area contributed by atoms with Gasteiger partial charge in [0.15, 0.2) is 35.1 Å². The predicted molar refractivity (Wildman–Crippen MR) is 144 cm³/mol. The third kappa shape index (κ3) is 3.78. The molecule has 6 heterocycles. The number of ether oxygens (including phenoxy) is 2. The molecule has 0 bridgehead atoms. The molecule has 0 aromatic carbocycles. The summed E-state index contributed by atoms with van der Waals surface area (Å²) in [6.07, 6.45) is -3.22. The van der Waals surface area contributed by atoms with E-state index in [4.69, 9.17) is 41.8 Å². The topological polar surface area (TPSA) is 290 Å². The zero-order valence-corrected chi connectivity index (χ0v) is 23.4. The molecule has 4 unspecified atom stereocenters. The monoisotopic (exact) mass is 637 g/mol. The number of rotatable bonds is 7. The molecule has 9 N–H and O–H groups in total. The van der Waals surface area contributed by atoms with E-state index in [1.54, 1.807) is 0 Å². The number of anilines is 2. The number of nitrogens with one attached hydrogen (secondary N) is 1. The maximum Gasteiger partial charge on any atom is 0.325 e. The normalized spacial score (nSPS) is 37.7. The predicted octanol–water partition coefficient (Wildman–Crippen LogP) is -2.82. The molecule has 4 aliphatic rings. The summed E-state index contributed by atoms with van der Waals surface area (Å²) >= 11 is 5.31. The number of aliphatic hydroxyl groups excluding tert-OH is 2.